The number of thiazole rings is 1. The van der Waals surface area contributed by atoms with E-state index in [1.54, 1.807) is 34.4 Å². The van der Waals surface area contributed by atoms with E-state index in [9.17, 15) is 13.2 Å². The quantitative estimate of drug-likeness (QED) is 0.729. The molecule has 0 bridgehead atoms. The zero-order chi connectivity index (χ0) is 15.5. The number of anilines is 2. The molecule has 21 heavy (non-hydrogen) atoms. The lowest BCUT2D eigenvalue weighted by Gasteiger charge is -2.05. The van der Waals surface area contributed by atoms with Gasteiger partial charge < -0.3 is 10.5 Å². The second-order valence-corrected chi connectivity index (χ2v) is 6.13. The molecule has 4 N–H and O–H groups in total. The van der Waals surface area contributed by atoms with Crippen LogP contribution in [0.4, 0.5) is 15.6 Å². The molecule has 2 aromatic rings. The second kappa shape index (κ2) is 5.97. The van der Waals surface area contributed by atoms with Crippen LogP contribution in [-0.4, -0.2) is 26.6 Å². The molecule has 0 unspecified atom stereocenters. The largest absolute Gasteiger partial charge is 0.452 e. The van der Waals surface area contributed by atoms with E-state index >= 15 is 0 Å². The fourth-order valence-corrected chi connectivity index (χ4v) is 3.11. The number of amides is 1. The summed E-state index contributed by atoms with van der Waals surface area (Å²) >= 11 is 1.09. The number of nitrogens with two attached hydrogens (primary N) is 1. The van der Waals surface area contributed by atoms with Gasteiger partial charge in [0.25, 0.3) is 0 Å². The number of nitrogens with zero attached hydrogens (tertiary/aromatic N) is 1. The summed E-state index contributed by atoms with van der Waals surface area (Å²) in [6.07, 6.45) is -1.09. The minimum absolute atomic E-state index is 0.123. The van der Waals surface area contributed by atoms with Gasteiger partial charge in [-0.15, -0.1) is 11.3 Å². The van der Waals surface area contributed by atoms with Crippen molar-refractivity contribution in [2.45, 2.75) is 0 Å². The monoisotopic (exact) mass is 328 g/mol. The Kier molecular flexibility index (Phi) is 4.29. The van der Waals surface area contributed by atoms with Gasteiger partial charge >= 0.3 is 16.3 Å². The van der Waals surface area contributed by atoms with Crippen molar-refractivity contribution < 1.29 is 17.9 Å². The van der Waals surface area contributed by atoms with E-state index < -0.39 is 16.3 Å². The zero-order valence-electron chi connectivity index (χ0n) is 10.9. The van der Waals surface area contributed by atoms with E-state index in [-0.39, 0.29) is 5.13 Å². The molecule has 0 spiro atoms. The van der Waals surface area contributed by atoms with Gasteiger partial charge in [-0.2, -0.15) is 8.42 Å². The second-order valence-electron chi connectivity index (χ2n) is 3.86. The summed E-state index contributed by atoms with van der Waals surface area (Å²) in [5, 5.41) is 1.81. The normalized spacial score (nSPS) is 10.9. The summed E-state index contributed by atoms with van der Waals surface area (Å²) in [5.74, 6) is 0. The molecule has 0 aliphatic heterocycles. The fourth-order valence-electron chi connectivity index (χ4n) is 1.40. The van der Waals surface area contributed by atoms with Crippen molar-refractivity contribution >= 4 is 38.5 Å². The average molecular weight is 328 g/mol. The molecular formula is C11H12N4O4S2. The van der Waals surface area contributed by atoms with Gasteiger partial charge in [-0.3, -0.25) is 0 Å². The van der Waals surface area contributed by atoms with Crippen molar-refractivity contribution in [3.05, 3.63) is 29.6 Å². The molecule has 0 fully saturated rings. The van der Waals surface area contributed by atoms with Crippen molar-refractivity contribution in [1.29, 1.82) is 0 Å². The summed E-state index contributed by atoms with van der Waals surface area (Å²) in [6, 6.07) is 6.99. The van der Waals surface area contributed by atoms with Crippen LogP contribution in [0.15, 0.2) is 29.6 Å². The SMILES string of the molecule is COC(=O)NS(=O)(=O)Nc1nc(-c2ccc(N)cc2)cs1. The van der Waals surface area contributed by atoms with Gasteiger partial charge in [0.2, 0.25) is 0 Å². The predicted octanol–water partition coefficient (Wildman–Crippen LogP) is 1.40. The molecule has 0 radical (unpaired) electrons. The van der Waals surface area contributed by atoms with E-state index in [0.29, 0.717) is 11.4 Å². The molecule has 0 aliphatic carbocycles. The van der Waals surface area contributed by atoms with E-state index in [1.165, 1.54) is 0 Å². The Morgan fingerprint density at radius 2 is 2.00 bits per heavy atom. The highest BCUT2D eigenvalue weighted by Crippen LogP contribution is 2.25. The highest BCUT2D eigenvalue weighted by Gasteiger charge is 2.16. The molecule has 112 valence electrons. The molecule has 0 saturated carbocycles. The zero-order valence-corrected chi connectivity index (χ0v) is 12.5. The third-order valence-corrected chi connectivity index (χ3v) is 4.12. The number of aromatic nitrogens is 1. The van der Waals surface area contributed by atoms with Gasteiger partial charge in [0.1, 0.15) is 0 Å². The Bertz CT molecular complexity index is 740. The maximum absolute atomic E-state index is 11.6. The molecule has 0 aliphatic rings. The van der Waals surface area contributed by atoms with Gasteiger partial charge in [0.05, 0.1) is 12.8 Å². The predicted molar refractivity (Wildman–Crippen MR) is 80.0 cm³/mol. The molecule has 1 aromatic heterocycles. The standard InChI is InChI=1S/C11H12N4O4S2/c1-19-11(16)15-21(17,18)14-10-13-9(6-20-10)7-2-4-8(12)5-3-7/h2-6H,12H2,1H3,(H,13,14)(H,15,16). The first-order valence-electron chi connectivity index (χ1n) is 5.59. The van der Waals surface area contributed by atoms with Crippen LogP contribution in [0.3, 0.4) is 0 Å². The van der Waals surface area contributed by atoms with Crippen LogP contribution >= 0.6 is 11.3 Å². The Morgan fingerprint density at radius 1 is 1.33 bits per heavy atom. The van der Waals surface area contributed by atoms with Crippen LogP contribution in [0.1, 0.15) is 0 Å². The summed E-state index contributed by atoms with van der Waals surface area (Å²) in [6.45, 7) is 0. The van der Waals surface area contributed by atoms with Crippen LogP contribution in [0.2, 0.25) is 0 Å². The van der Waals surface area contributed by atoms with Gasteiger partial charge in [-0.25, -0.2) is 19.2 Å². The summed E-state index contributed by atoms with van der Waals surface area (Å²) in [7, 11) is -3.01. The van der Waals surface area contributed by atoms with Gasteiger partial charge in [0, 0.05) is 16.6 Å². The van der Waals surface area contributed by atoms with Crippen molar-refractivity contribution in [3.63, 3.8) is 0 Å². The molecule has 1 heterocycles. The van der Waals surface area contributed by atoms with Gasteiger partial charge in [-0.05, 0) is 12.1 Å². The molecule has 2 rings (SSSR count). The summed E-state index contributed by atoms with van der Waals surface area (Å²) in [5.41, 5.74) is 7.60. The molecule has 0 saturated heterocycles. The third kappa shape index (κ3) is 4.07. The highest BCUT2D eigenvalue weighted by atomic mass is 32.2. The van der Waals surface area contributed by atoms with Crippen molar-refractivity contribution in [3.8, 4) is 11.3 Å². The minimum Gasteiger partial charge on any atom is -0.452 e. The minimum atomic E-state index is -4.07. The van der Waals surface area contributed by atoms with E-state index in [4.69, 9.17) is 5.73 Å². The van der Waals surface area contributed by atoms with Crippen LogP contribution in [-0.2, 0) is 14.9 Å². The van der Waals surface area contributed by atoms with Crippen molar-refractivity contribution in [2.24, 2.45) is 0 Å². The van der Waals surface area contributed by atoms with Gasteiger partial charge in [-0.1, -0.05) is 12.1 Å². The van der Waals surface area contributed by atoms with E-state index in [0.717, 1.165) is 24.0 Å². The molecular weight excluding hydrogens is 316 g/mol. The van der Waals surface area contributed by atoms with Crippen LogP contribution in [0.25, 0.3) is 11.3 Å². The fraction of sp³-hybridized carbons (Fsp3) is 0.0909. The van der Waals surface area contributed by atoms with Crippen LogP contribution in [0, 0.1) is 0 Å². The number of nitrogens with one attached hydrogen (secondary N) is 2. The maximum atomic E-state index is 11.6. The first kappa shape index (κ1) is 15.1. The lowest BCUT2D eigenvalue weighted by molar-refractivity contribution is 0.177. The average Bonchev–Trinajstić information content (AvgIpc) is 2.86. The molecule has 8 nitrogen and oxygen atoms in total. The number of hydrogen-bond donors (Lipinski definition) is 3. The number of ether oxygens (including phenoxy) is 1. The Balaban J connectivity index is 2.13. The summed E-state index contributed by atoms with van der Waals surface area (Å²) < 4.78 is 31.2. The highest BCUT2D eigenvalue weighted by molar-refractivity contribution is 7.91. The molecule has 1 amide bonds. The van der Waals surface area contributed by atoms with Crippen LogP contribution in [0.5, 0.6) is 0 Å². The lowest BCUT2D eigenvalue weighted by Crippen LogP contribution is -2.35. The van der Waals surface area contributed by atoms with Gasteiger partial charge in [0.15, 0.2) is 5.13 Å². The first-order chi connectivity index (χ1) is 9.89. The number of hydrogen-bond acceptors (Lipinski definition) is 7. The van der Waals surface area contributed by atoms with E-state index in [2.05, 4.69) is 14.4 Å². The number of benzene rings is 1. The van der Waals surface area contributed by atoms with Crippen molar-refractivity contribution in [2.75, 3.05) is 17.6 Å². The van der Waals surface area contributed by atoms with E-state index in [1.807, 2.05) is 0 Å². The number of carbonyl (C=O) groups is 1. The Hall–Kier alpha value is -2.33. The smallest absolute Gasteiger partial charge is 0.422 e. The Labute approximate surface area is 125 Å². The van der Waals surface area contributed by atoms with Crippen LogP contribution < -0.4 is 15.2 Å². The molecule has 0 atom stereocenters. The number of methoxy groups -OCH3 is 1. The first-order valence-corrected chi connectivity index (χ1v) is 7.96. The van der Waals surface area contributed by atoms with Crippen molar-refractivity contribution in [1.82, 2.24) is 9.71 Å². The Morgan fingerprint density at radius 3 is 2.62 bits per heavy atom. The summed E-state index contributed by atoms with van der Waals surface area (Å²) in [4.78, 5) is 15.0. The number of nitrogen functional groups attached to an aromatic ring is 1. The third-order valence-electron chi connectivity index (χ3n) is 2.34. The lowest BCUT2D eigenvalue weighted by atomic mass is 10.2. The number of carbonyl (C=O) groups excluding carboxylic acids is 1. The molecule has 10 heteroatoms. The maximum Gasteiger partial charge on any atom is 0.422 e. The topological polar surface area (TPSA) is 123 Å². The molecule has 1 aromatic carbocycles. The number of rotatable bonds is 4.